The second-order valence-corrected chi connectivity index (χ2v) is 30.6. The number of nitrogens with zero attached hydrogens (tertiary/aromatic N) is 4. The van der Waals surface area contributed by atoms with Gasteiger partial charge in [-0.15, -0.1) is 0 Å². The SMILES string of the molecule is CC(C)(C)c1cc(C(C)(C)C)c2c3c1-c1ccc4oc5ccc(cc5c4c1)-c1c(C(C)(C)C)cc(C(C)(C)C)c(c1N1[C]4=[Pt]=[C]5N(c6[c-]c(ccc6)Oc6[c-]c(ccc6)N4c4ccccc41)c1ccccc1N53)-c1ccc3oc4ccc-2cc4c3c1. The number of benzene rings is 10. The van der Waals surface area contributed by atoms with E-state index in [9.17, 15) is 0 Å². The second kappa shape index (κ2) is 17.5. The third-order valence-electron chi connectivity index (χ3n) is 18.1. The molecular formula is C78H64N4O3Pt-2. The summed E-state index contributed by atoms with van der Waals surface area (Å²) < 4.78 is 23.3. The van der Waals surface area contributed by atoms with Crippen LogP contribution in [0, 0.1) is 12.1 Å². The van der Waals surface area contributed by atoms with Crippen molar-refractivity contribution in [1.29, 1.82) is 0 Å². The molecule has 7 heterocycles. The Morgan fingerprint density at radius 2 is 0.628 bits per heavy atom. The minimum absolute atomic E-state index is 0.334. The predicted octanol–water partition coefficient (Wildman–Crippen LogP) is 21.2. The van der Waals surface area contributed by atoms with E-state index in [-0.39, 0.29) is 21.7 Å². The number of furan rings is 2. The molecule has 86 heavy (non-hydrogen) atoms. The van der Waals surface area contributed by atoms with E-state index in [0.717, 1.165) is 120 Å². The van der Waals surface area contributed by atoms with Crippen molar-refractivity contribution in [3.05, 3.63) is 204 Å². The maximum atomic E-state index is 7.02. The molecule has 12 aromatic rings. The Hall–Kier alpha value is -8.77. The monoisotopic (exact) mass is 1300 g/mol. The summed E-state index contributed by atoms with van der Waals surface area (Å²) in [5, 5.41) is 4.31. The summed E-state index contributed by atoms with van der Waals surface area (Å²) in [5.74, 6) is 1.23. The number of hydrogen-bond acceptors (Lipinski definition) is 7. The van der Waals surface area contributed by atoms with E-state index in [0.29, 0.717) is 11.5 Å². The van der Waals surface area contributed by atoms with Crippen LogP contribution >= 0.6 is 0 Å². The van der Waals surface area contributed by atoms with Gasteiger partial charge in [-0.2, -0.15) is 0 Å². The first-order chi connectivity index (χ1) is 41.2. The molecule has 17 rings (SSSR count). The van der Waals surface area contributed by atoms with Gasteiger partial charge in [0.2, 0.25) is 0 Å². The van der Waals surface area contributed by atoms with Crippen molar-refractivity contribution in [3.8, 4) is 56.0 Å². The van der Waals surface area contributed by atoms with E-state index in [1.165, 1.54) is 44.5 Å². The fourth-order valence-corrected chi connectivity index (χ4v) is 17.8. The Labute approximate surface area is 510 Å². The zero-order chi connectivity index (χ0) is 58.8. The van der Waals surface area contributed by atoms with Crippen LogP contribution in [0.1, 0.15) is 105 Å². The van der Waals surface area contributed by atoms with E-state index in [1.807, 2.05) is 12.1 Å². The molecule has 0 atom stereocenters. The van der Waals surface area contributed by atoms with Crippen LogP contribution in [0.4, 0.5) is 45.5 Å². The molecule has 5 aliphatic rings. The molecule has 0 aliphatic carbocycles. The number of rotatable bonds is 0. The van der Waals surface area contributed by atoms with Gasteiger partial charge in [0.25, 0.3) is 0 Å². The second-order valence-electron chi connectivity index (χ2n) is 28.0. The van der Waals surface area contributed by atoms with Crippen LogP contribution in [0.5, 0.6) is 11.5 Å². The molecule has 0 unspecified atom stereocenters. The van der Waals surface area contributed by atoms with Crippen LogP contribution in [0.25, 0.3) is 88.4 Å². The molecule has 0 radical (unpaired) electrons. The van der Waals surface area contributed by atoms with Gasteiger partial charge in [-0.05, 0) is 0 Å². The zero-order valence-corrected chi connectivity index (χ0v) is 52.8. The molecular weight excluding hydrogens is 1240 g/mol. The number of hydrogen-bond donors (Lipinski definition) is 0. The molecule has 8 heteroatoms. The molecule has 0 saturated carbocycles. The summed E-state index contributed by atoms with van der Waals surface area (Å²) in [7, 11) is 0. The van der Waals surface area contributed by atoms with Gasteiger partial charge in [-0.3, -0.25) is 0 Å². The van der Waals surface area contributed by atoms with Crippen LogP contribution < -0.4 is 24.3 Å². The van der Waals surface area contributed by atoms with Crippen molar-refractivity contribution in [3.63, 3.8) is 0 Å². The number of ether oxygens (including phenoxy) is 1. The van der Waals surface area contributed by atoms with Crippen LogP contribution in [0.2, 0.25) is 0 Å². The van der Waals surface area contributed by atoms with E-state index in [2.05, 4.69) is 273 Å². The quantitative estimate of drug-likeness (QED) is 0.140. The Balaban J connectivity index is 1.24. The summed E-state index contributed by atoms with van der Waals surface area (Å²) in [6, 6.07) is 71.6. The fraction of sp³-hybridized carbons (Fsp3) is 0.205. The molecule has 2 aromatic heterocycles. The van der Waals surface area contributed by atoms with Crippen molar-refractivity contribution in [1.82, 2.24) is 0 Å². The topological polar surface area (TPSA) is 48.5 Å². The summed E-state index contributed by atoms with van der Waals surface area (Å²) in [6.07, 6.45) is 0. The molecule has 0 amide bonds. The Bertz CT molecular complexity index is 4590. The average molecular weight is 1300 g/mol. The molecule has 5 aliphatic heterocycles. The van der Waals surface area contributed by atoms with Gasteiger partial charge < -0.3 is 0 Å². The fourth-order valence-electron chi connectivity index (χ4n) is 14.2. The van der Waals surface area contributed by atoms with E-state index >= 15 is 0 Å². The van der Waals surface area contributed by atoms with E-state index in [4.69, 9.17) is 13.6 Å². The number of fused-ring (bicyclic) bond motifs is 18. The van der Waals surface area contributed by atoms with E-state index < -0.39 is 17.6 Å². The van der Waals surface area contributed by atoms with Gasteiger partial charge in [-0.25, -0.2) is 0 Å². The molecule has 426 valence electrons. The van der Waals surface area contributed by atoms with Gasteiger partial charge in [0.05, 0.1) is 0 Å². The Morgan fingerprint density at radius 3 is 0.930 bits per heavy atom. The number of anilines is 8. The molecule has 16 bridgehead atoms. The van der Waals surface area contributed by atoms with Crippen molar-refractivity contribution >= 4 is 97.7 Å². The van der Waals surface area contributed by atoms with Gasteiger partial charge in [-0.1, -0.05) is 0 Å². The zero-order valence-electron chi connectivity index (χ0n) is 50.5. The molecule has 0 saturated heterocycles. The summed E-state index contributed by atoms with van der Waals surface area (Å²) >= 11 is -1.39. The molecule has 0 N–H and O–H groups in total. The van der Waals surface area contributed by atoms with Gasteiger partial charge in [0.15, 0.2) is 0 Å². The minimum atomic E-state index is -1.39. The van der Waals surface area contributed by atoms with Crippen LogP contribution in [0.15, 0.2) is 179 Å². The molecule has 7 nitrogen and oxygen atoms in total. The Morgan fingerprint density at radius 1 is 0.326 bits per heavy atom. The van der Waals surface area contributed by atoms with Crippen molar-refractivity contribution in [2.45, 2.75) is 105 Å². The molecule has 0 spiro atoms. The predicted molar refractivity (Wildman–Crippen MR) is 353 cm³/mol. The first-order valence-corrected chi connectivity index (χ1v) is 32.2. The first-order valence-electron chi connectivity index (χ1n) is 30.0. The van der Waals surface area contributed by atoms with Crippen molar-refractivity contribution in [2.75, 3.05) is 19.6 Å². The van der Waals surface area contributed by atoms with Gasteiger partial charge in [0, 0.05) is 0 Å². The van der Waals surface area contributed by atoms with Crippen LogP contribution in [0.3, 0.4) is 0 Å². The van der Waals surface area contributed by atoms with Crippen LogP contribution in [-0.4, -0.2) is 8.29 Å². The number of para-hydroxylation sites is 4. The summed E-state index contributed by atoms with van der Waals surface area (Å²) in [6.45, 7) is 28.7. The molecule has 0 fully saturated rings. The van der Waals surface area contributed by atoms with Gasteiger partial charge in [0.1, 0.15) is 0 Å². The maximum absolute atomic E-state index is 7.02. The van der Waals surface area contributed by atoms with Crippen molar-refractivity contribution in [2.24, 2.45) is 0 Å². The first kappa shape index (κ1) is 51.6. The third kappa shape index (κ3) is 7.37. The van der Waals surface area contributed by atoms with Crippen molar-refractivity contribution < 1.29 is 31.2 Å². The molecule has 10 aromatic carbocycles. The average Bonchev–Trinajstić information content (AvgIpc) is 1.57. The summed E-state index contributed by atoms with van der Waals surface area (Å²) in [4.78, 5) is 10.5. The summed E-state index contributed by atoms with van der Waals surface area (Å²) in [5.41, 5.74) is 24.7. The third-order valence-corrected chi connectivity index (χ3v) is 21.2. The standard InChI is InChI=1S/C78H64N4O3.Pt/c1-75(2,3)57-41-58(76(4,5)6)70-46-28-32-67-55(36-46)56-38-48(30-34-68(56)85-67)72-60(78(10,11)12)42-59(77(7,8)9)71-47-29-33-66-54(37-47)53-35-45(27-31-65(53)84-66)69(57)73(70)81-43-79(61-23-13-15-25-63(61)81)49-19-17-21-51(39-49)83-52-22-18-20-50(40-52)80-44-82(74(71)72)64-26-16-14-24-62(64)80;/h13-38,41-42H,1-12H3;/q-2;. The van der Waals surface area contributed by atoms with Gasteiger partial charge >= 0.3 is 513 Å². The van der Waals surface area contributed by atoms with E-state index in [1.54, 1.807) is 0 Å². The Kier molecular flexibility index (Phi) is 10.5. The normalized spacial score (nSPS) is 15.0. The van der Waals surface area contributed by atoms with Crippen LogP contribution in [-0.2, 0) is 39.3 Å².